The zero-order valence-electron chi connectivity index (χ0n) is 12.5. The van der Waals surface area contributed by atoms with E-state index in [1.807, 2.05) is 18.2 Å². The molecule has 4 heteroatoms. The fraction of sp³-hybridized carbons (Fsp3) is 0.333. The van der Waals surface area contributed by atoms with Crippen molar-refractivity contribution in [1.82, 2.24) is 5.48 Å². The molecule has 114 valence electrons. The van der Waals surface area contributed by atoms with Crippen LogP contribution in [0.2, 0.25) is 0 Å². The number of carbonyl (C=O) groups excluding carboxylic acids is 1. The van der Waals surface area contributed by atoms with E-state index in [1.165, 1.54) is 5.39 Å². The third kappa shape index (κ3) is 4.31. The number of unbranched alkanes of at least 4 members (excludes halogenated alkanes) is 2. The Morgan fingerprint density at radius 3 is 2.64 bits per heavy atom. The fourth-order valence-corrected chi connectivity index (χ4v) is 2.60. The van der Waals surface area contributed by atoms with Gasteiger partial charge in [-0.25, -0.2) is 5.48 Å². The molecule has 0 aromatic heterocycles. The SMILES string of the molecule is N#CC(CCCCCC(=O)NO)c1ccc2ccccc2c1. The van der Waals surface area contributed by atoms with Crippen molar-refractivity contribution in [3.63, 3.8) is 0 Å². The molecular weight excluding hydrogens is 276 g/mol. The van der Waals surface area contributed by atoms with Crippen molar-refractivity contribution in [2.75, 3.05) is 0 Å². The maximum atomic E-state index is 10.9. The molecule has 0 heterocycles. The lowest BCUT2D eigenvalue weighted by Gasteiger charge is -2.10. The van der Waals surface area contributed by atoms with E-state index in [0.29, 0.717) is 6.42 Å². The van der Waals surface area contributed by atoms with Crippen LogP contribution in [0.1, 0.15) is 43.6 Å². The zero-order chi connectivity index (χ0) is 15.8. The van der Waals surface area contributed by atoms with Gasteiger partial charge in [-0.3, -0.25) is 10.0 Å². The highest BCUT2D eigenvalue weighted by atomic mass is 16.5. The van der Waals surface area contributed by atoms with E-state index in [0.717, 1.165) is 36.6 Å². The molecule has 2 aromatic rings. The molecule has 2 N–H and O–H groups in total. The molecule has 0 saturated carbocycles. The van der Waals surface area contributed by atoms with Crippen LogP contribution in [0.5, 0.6) is 0 Å². The highest BCUT2D eigenvalue weighted by molar-refractivity contribution is 5.83. The molecule has 0 spiro atoms. The van der Waals surface area contributed by atoms with Crippen molar-refractivity contribution in [3.05, 3.63) is 48.0 Å². The third-order valence-electron chi connectivity index (χ3n) is 3.85. The lowest BCUT2D eigenvalue weighted by molar-refractivity contribution is -0.129. The first-order chi connectivity index (χ1) is 10.7. The largest absolute Gasteiger partial charge is 0.289 e. The smallest absolute Gasteiger partial charge is 0.243 e. The number of nitriles is 1. The summed E-state index contributed by atoms with van der Waals surface area (Å²) >= 11 is 0. The summed E-state index contributed by atoms with van der Waals surface area (Å²) in [5.41, 5.74) is 2.68. The van der Waals surface area contributed by atoms with Crippen LogP contribution < -0.4 is 5.48 Å². The quantitative estimate of drug-likeness (QED) is 0.462. The van der Waals surface area contributed by atoms with Crippen molar-refractivity contribution < 1.29 is 10.0 Å². The number of hydroxylamine groups is 1. The normalized spacial score (nSPS) is 11.8. The Bertz CT molecular complexity index is 676. The van der Waals surface area contributed by atoms with Crippen molar-refractivity contribution in [3.8, 4) is 6.07 Å². The number of nitrogens with zero attached hydrogens (tertiary/aromatic N) is 1. The van der Waals surface area contributed by atoms with Crippen molar-refractivity contribution >= 4 is 16.7 Å². The summed E-state index contributed by atoms with van der Waals surface area (Å²) in [6.07, 6.45) is 3.60. The molecule has 0 aliphatic heterocycles. The Morgan fingerprint density at radius 1 is 1.14 bits per heavy atom. The number of benzene rings is 2. The summed E-state index contributed by atoms with van der Waals surface area (Å²) in [4.78, 5) is 10.9. The summed E-state index contributed by atoms with van der Waals surface area (Å²) < 4.78 is 0. The Labute approximate surface area is 130 Å². The van der Waals surface area contributed by atoms with E-state index in [2.05, 4.69) is 30.3 Å². The van der Waals surface area contributed by atoms with Crippen LogP contribution in [0.3, 0.4) is 0 Å². The minimum Gasteiger partial charge on any atom is -0.289 e. The van der Waals surface area contributed by atoms with Crippen LogP contribution in [0.15, 0.2) is 42.5 Å². The van der Waals surface area contributed by atoms with E-state index in [-0.39, 0.29) is 11.8 Å². The van der Waals surface area contributed by atoms with Gasteiger partial charge in [0.2, 0.25) is 5.91 Å². The van der Waals surface area contributed by atoms with Gasteiger partial charge in [0.15, 0.2) is 0 Å². The van der Waals surface area contributed by atoms with E-state index in [9.17, 15) is 10.1 Å². The number of hydrogen-bond acceptors (Lipinski definition) is 3. The minimum atomic E-state index is -0.355. The zero-order valence-corrected chi connectivity index (χ0v) is 12.5. The summed E-state index contributed by atoms with van der Waals surface area (Å²) in [5.74, 6) is -0.470. The first-order valence-electron chi connectivity index (χ1n) is 7.56. The Kier molecular flexibility index (Phi) is 5.93. The number of hydrogen-bond donors (Lipinski definition) is 2. The van der Waals surface area contributed by atoms with E-state index in [1.54, 1.807) is 5.48 Å². The molecule has 22 heavy (non-hydrogen) atoms. The summed E-state index contributed by atoms with van der Waals surface area (Å²) in [7, 11) is 0. The highest BCUT2D eigenvalue weighted by Crippen LogP contribution is 2.25. The number of carbonyl (C=O) groups is 1. The van der Waals surface area contributed by atoms with Crippen LogP contribution in [0.25, 0.3) is 10.8 Å². The molecule has 0 aliphatic rings. The maximum absolute atomic E-state index is 10.9. The Morgan fingerprint density at radius 2 is 1.91 bits per heavy atom. The monoisotopic (exact) mass is 296 g/mol. The van der Waals surface area contributed by atoms with E-state index in [4.69, 9.17) is 5.21 Å². The standard InChI is InChI=1S/C18H20N2O2/c19-13-17(8-2-1-3-9-18(21)20-22)16-11-10-14-6-4-5-7-15(14)12-16/h4-7,10-12,17,22H,1-3,8-9H2,(H,20,21). The van der Waals surface area contributed by atoms with Gasteiger partial charge in [0.25, 0.3) is 0 Å². The van der Waals surface area contributed by atoms with Crippen molar-refractivity contribution in [2.24, 2.45) is 0 Å². The van der Waals surface area contributed by atoms with Crippen LogP contribution in [-0.4, -0.2) is 11.1 Å². The first-order valence-corrected chi connectivity index (χ1v) is 7.56. The number of nitrogens with one attached hydrogen (secondary N) is 1. The molecule has 1 unspecified atom stereocenters. The molecule has 0 aliphatic carbocycles. The number of amides is 1. The molecule has 1 amide bonds. The molecule has 0 bridgehead atoms. The lowest BCUT2D eigenvalue weighted by atomic mass is 9.92. The Hall–Kier alpha value is -2.38. The molecule has 0 fully saturated rings. The average Bonchev–Trinajstić information content (AvgIpc) is 2.57. The van der Waals surface area contributed by atoms with Crippen LogP contribution in [0.4, 0.5) is 0 Å². The second kappa shape index (κ2) is 8.16. The van der Waals surface area contributed by atoms with Gasteiger partial charge in [0, 0.05) is 6.42 Å². The maximum Gasteiger partial charge on any atom is 0.243 e. The van der Waals surface area contributed by atoms with Crippen LogP contribution in [0, 0.1) is 11.3 Å². The van der Waals surface area contributed by atoms with Gasteiger partial charge in [-0.2, -0.15) is 5.26 Å². The summed E-state index contributed by atoms with van der Waals surface area (Å²) in [6.45, 7) is 0. The predicted octanol–water partition coefficient (Wildman–Crippen LogP) is 3.90. The summed E-state index contributed by atoms with van der Waals surface area (Å²) in [6, 6.07) is 16.7. The van der Waals surface area contributed by atoms with Gasteiger partial charge in [-0.15, -0.1) is 0 Å². The van der Waals surface area contributed by atoms with Gasteiger partial charge in [-0.1, -0.05) is 49.2 Å². The van der Waals surface area contributed by atoms with Crippen LogP contribution >= 0.6 is 0 Å². The van der Waals surface area contributed by atoms with Gasteiger partial charge in [0.05, 0.1) is 12.0 Å². The minimum absolute atomic E-state index is 0.115. The molecule has 2 rings (SSSR count). The second-order valence-electron chi connectivity index (χ2n) is 5.42. The number of fused-ring (bicyclic) bond motifs is 1. The van der Waals surface area contributed by atoms with Crippen molar-refractivity contribution in [2.45, 2.75) is 38.0 Å². The molecule has 4 nitrogen and oxygen atoms in total. The Balaban J connectivity index is 1.90. The first kappa shape index (κ1) is 16.0. The molecule has 2 aromatic carbocycles. The molecule has 0 saturated heterocycles. The lowest BCUT2D eigenvalue weighted by Crippen LogP contribution is -2.17. The van der Waals surface area contributed by atoms with Gasteiger partial charge >= 0.3 is 0 Å². The fourth-order valence-electron chi connectivity index (χ4n) is 2.60. The highest BCUT2D eigenvalue weighted by Gasteiger charge is 2.11. The van der Waals surface area contributed by atoms with Gasteiger partial charge in [-0.05, 0) is 35.2 Å². The third-order valence-corrected chi connectivity index (χ3v) is 3.85. The average molecular weight is 296 g/mol. The number of rotatable bonds is 7. The predicted molar refractivity (Wildman–Crippen MR) is 85.3 cm³/mol. The van der Waals surface area contributed by atoms with Gasteiger partial charge in [0.1, 0.15) is 0 Å². The second-order valence-corrected chi connectivity index (χ2v) is 5.42. The van der Waals surface area contributed by atoms with E-state index < -0.39 is 0 Å². The van der Waals surface area contributed by atoms with Crippen molar-refractivity contribution in [1.29, 1.82) is 5.26 Å². The topological polar surface area (TPSA) is 73.1 Å². The summed E-state index contributed by atoms with van der Waals surface area (Å²) in [5, 5.41) is 20.1. The molecule has 0 radical (unpaired) electrons. The molecule has 1 atom stereocenters. The molecular formula is C18H20N2O2. The van der Waals surface area contributed by atoms with E-state index >= 15 is 0 Å². The van der Waals surface area contributed by atoms with Crippen LogP contribution in [-0.2, 0) is 4.79 Å². The van der Waals surface area contributed by atoms with Gasteiger partial charge < -0.3 is 0 Å².